The maximum Gasteiger partial charge on any atom is 0.170 e. The van der Waals surface area contributed by atoms with Crippen LogP contribution in [0.15, 0.2) is 55.0 Å². The van der Waals surface area contributed by atoms with Gasteiger partial charge in [0, 0.05) is 50.0 Å². The van der Waals surface area contributed by atoms with Crippen LogP contribution in [0, 0.1) is 13.8 Å². The lowest BCUT2D eigenvalue weighted by molar-refractivity contribution is 0.0350. The average Bonchev–Trinajstić information content (AvgIpc) is 3.34. The van der Waals surface area contributed by atoms with Crippen LogP contribution in [-0.4, -0.2) is 68.8 Å². The number of hydrogen-bond donors (Lipinski definition) is 1. The van der Waals surface area contributed by atoms with E-state index in [1.54, 1.807) is 0 Å². The van der Waals surface area contributed by atoms with Crippen molar-refractivity contribution in [2.75, 3.05) is 39.4 Å². The van der Waals surface area contributed by atoms with Gasteiger partial charge in [-0.25, -0.2) is 0 Å². The number of pyridine rings is 2. The molecule has 2 aliphatic heterocycles. The first-order chi connectivity index (χ1) is 16.1. The number of ether oxygens (including phenoxy) is 1. The summed E-state index contributed by atoms with van der Waals surface area (Å²) in [5.41, 5.74) is 5.73. The van der Waals surface area contributed by atoms with E-state index in [9.17, 15) is 0 Å². The predicted octanol–water partition coefficient (Wildman–Crippen LogP) is 3.19. The molecule has 33 heavy (non-hydrogen) atoms. The summed E-state index contributed by atoms with van der Waals surface area (Å²) < 4.78 is 7.80. The van der Waals surface area contributed by atoms with Crippen molar-refractivity contribution >= 4 is 17.3 Å². The fourth-order valence-electron chi connectivity index (χ4n) is 5.03. The summed E-state index contributed by atoms with van der Waals surface area (Å²) in [5, 5.41) is 4.37. The molecule has 0 bridgehead atoms. The molecule has 0 saturated carbocycles. The summed E-state index contributed by atoms with van der Waals surface area (Å²) >= 11 is 5.86. The average molecular weight is 463 g/mol. The number of thiocarbonyl (C=S) groups is 1. The minimum absolute atomic E-state index is 0.00811. The zero-order valence-corrected chi connectivity index (χ0v) is 20.0. The fraction of sp³-hybridized carbons (Fsp3) is 0.400. The van der Waals surface area contributed by atoms with Gasteiger partial charge in [-0.2, -0.15) is 0 Å². The summed E-state index contributed by atoms with van der Waals surface area (Å²) in [6.45, 7) is 9.69. The first kappa shape index (κ1) is 22.0. The second kappa shape index (κ2) is 9.59. The molecule has 2 atom stereocenters. The first-order valence-electron chi connectivity index (χ1n) is 11.5. The molecule has 5 heterocycles. The van der Waals surface area contributed by atoms with Gasteiger partial charge in [0.15, 0.2) is 5.11 Å². The topological polar surface area (TPSA) is 58.5 Å². The van der Waals surface area contributed by atoms with Crippen LogP contribution < -0.4 is 5.32 Å². The van der Waals surface area contributed by atoms with E-state index >= 15 is 0 Å². The van der Waals surface area contributed by atoms with Crippen molar-refractivity contribution in [1.29, 1.82) is 0 Å². The summed E-state index contributed by atoms with van der Waals surface area (Å²) in [5.74, 6) is 0. The van der Waals surface area contributed by atoms with Gasteiger partial charge in [0.2, 0.25) is 0 Å². The molecule has 2 saturated heterocycles. The molecule has 0 aliphatic carbocycles. The van der Waals surface area contributed by atoms with E-state index in [1.165, 1.54) is 17.0 Å². The lowest BCUT2D eigenvalue weighted by Gasteiger charge is -2.32. The third-order valence-electron chi connectivity index (χ3n) is 6.65. The Balaban J connectivity index is 1.52. The highest BCUT2D eigenvalue weighted by Gasteiger charge is 2.41. The quantitative estimate of drug-likeness (QED) is 0.565. The SMILES string of the molecule is Cc1cc([C@@H]2[C@@H](c3ccccn3)NC(=S)N2CCN2CCOCC2)c(C)n1-c1cccnc1. The normalized spacial score (nSPS) is 21.4. The second-order valence-electron chi connectivity index (χ2n) is 8.65. The number of aryl methyl sites for hydroxylation is 1. The fourth-order valence-corrected chi connectivity index (χ4v) is 5.36. The molecular weight excluding hydrogens is 432 g/mol. The Morgan fingerprint density at radius 1 is 1.09 bits per heavy atom. The van der Waals surface area contributed by atoms with Crippen LogP contribution in [0.1, 0.15) is 34.7 Å². The van der Waals surface area contributed by atoms with E-state index in [-0.39, 0.29) is 12.1 Å². The van der Waals surface area contributed by atoms with Gasteiger partial charge in [-0.1, -0.05) is 6.07 Å². The highest BCUT2D eigenvalue weighted by molar-refractivity contribution is 7.80. The minimum Gasteiger partial charge on any atom is -0.379 e. The van der Waals surface area contributed by atoms with Crippen LogP contribution in [0.2, 0.25) is 0 Å². The van der Waals surface area contributed by atoms with Gasteiger partial charge in [-0.05, 0) is 62.0 Å². The lowest BCUT2D eigenvalue weighted by Crippen LogP contribution is -2.42. The molecule has 5 rings (SSSR count). The van der Waals surface area contributed by atoms with E-state index in [1.807, 2.05) is 36.8 Å². The number of nitrogens with zero attached hydrogens (tertiary/aromatic N) is 5. The highest BCUT2D eigenvalue weighted by atomic mass is 32.1. The molecule has 172 valence electrons. The van der Waals surface area contributed by atoms with Crippen molar-refractivity contribution in [3.8, 4) is 5.69 Å². The number of nitrogens with one attached hydrogen (secondary N) is 1. The van der Waals surface area contributed by atoms with E-state index in [4.69, 9.17) is 17.0 Å². The predicted molar refractivity (Wildman–Crippen MR) is 132 cm³/mol. The molecule has 2 aliphatic rings. The van der Waals surface area contributed by atoms with Crippen molar-refractivity contribution in [3.63, 3.8) is 0 Å². The Morgan fingerprint density at radius 2 is 1.94 bits per heavy atom. The van der Waals surface area contributed by atoms with Crippen LogP contribution in [0.25, 0.3) is 5.69 Å². The van der Waals surface area contributed by atoms with Crippen LogP contribution in [0.4, 0.5) is 0 Å². The van der Waals surface area contributed by atoms with Crippen LogP contribution in [-0.2, 0) is 4.74 Å². The molecule has 3 aromatic rings. The van der Waals surface area contributed by atoms with Crippen molar-refractivity contribution in [2.24, 2.45) is 0 Å². The zero-order valence-electron chi connectivity index (χ0n) is 19.1. The van der Waals surface area contributed by atoms with Gasteiger partial charge in [0.25, 0.3) is 0 Å². The molecule has 8 heteroatoms. The first-order valence-corrected chi connectivity index (χ1v) is 11.9. The van der Waals surface area contributed by atoms with Gasteiger partial charge in [0.1, 0.15) is 0 Å². The Bertz CT molecular complexity index is 1100. The number of rotatable bonds is 6. The molecule has 3 aromatic heterocycles. The molecule has 0 amide bonds. The third kappa shape index (κ3) is 4.38. The van der Waals surface area contributed by atoms with Crippen LogP contribution in [0.5, 0.6) is 0 Å². The van der Waals surface area contributed by atoms with Crippen LogP contribution >= 0.6 is 12.2 Å². The summed E-state index contributed by atoms with van der Waals surface area (Å²) in [4.78, 5) is 13.8. The summed E-state index contributed by atoms with van der Waals surface area (Å²) in [6.07, 6.45) is 5.57. The summed E-state index contributed by atoms with van der Waals surface area (Å²) in [6, 6.07) is 12.5. The monoisotopic (exact) mass is 462 g/mol. The van der Waals surface area contributed by atoms with Crippen molar-refractivity contribution in [1.82, 2.24) is 29.7 Å². The minimum atomic E-state index is -0.00811. The highest BCUT2D eigenvalue weighted by Crippen LogP contribution is 2.41. The number of morpholine rings is 1. The maximum atomic E-state index is 5.86. The van der Waals surface area contributed by atoms with Gasteiger partial charge < -0.3 is 19.5 Å². The number of hydrogen-bond acceptors (Lipinski definition) is 5. The molecule has 0 spiro atoms. The van der Waals surface area contributed by atoms with Gasteiger partial charge in [-0.15, -0.1) is 0 Å². The molecule has 2 fully saturated rings. The standard InChI is InChI=1S/C25H30N6OS/c1-18-16-21(19(2)31(18)20-6-5-8-26-17-20)24-23(22-7-3-4-9-27-22)28-25(33)30(24)11-10-29-12-14-32-15-13-29/h3-9,16-17,23-24H,10-15H2,1-2H3,(H,28,33)/t23-,24-/m1/s1. The smallest absolute Gasteiger partial charge is 0.170 e. The lowest BCUT2D eigenvalue weighted by atomic mass is 9.96. The molecule has 0 radical (unpaired) electrons. The van der Waals surface area contributed by atoms with Crippen LogP contribution in [0.3, 0.4) is 0 Å². The van der Waals surface area contributed by atoms with Crippen molar-refractivity contribution in [3.05, 3.63) is 77.6 Å². The zero-order chi connectivity index (χ0) is 22.8. The Labute approximate surface area is 200 Å². The maximum absolute atomic E-state index is 5.86. The van der Waals surface area contributed by atoms with Gasteiger partial charge in [-0.3, -0.25) is 14.9 Å². The van der Waals surface area contributed by atoms with E-state index in [0.29, 0.717) is 0 Å². The van der Waals surface area contributed by atoms with E-state index in [0.717, 1.165) is 55.9 Å². The van der Waals surface area contributed by atoms with E-state index in [2.05, 4.69) is 61.7 Å². The summed E-state index contributed by atoms with van der Waals surface area (Å²) in [7, 11) is 0. The largest absolute Gasteiger partial charge is 0.379 e. The third-order valence-corrected chi connectivity index (χ3v) is 7.00. The number of aromatic nitrogens is 3. The van der Waals surface area contributed by atoms with E-state index < -0.39 is 0 Å². The van der Waals surface area contributed by atoms with Gasteiger partial charge >= 0.3 is 0 Å². The van der Waals surface area contributed by atoms with Gasteiger partial charge in [0.05, 0.1) is 42.9 Å². The Hall–Kier alpha value is -2.81. The Morgan fingerprint density at radius 3 is 2.67 bits per heavy atom. The molecule has 0 unspecified atom stereocenters. The Kier molecular flexibility index (Phi) is 6.39. The molecule has 7 nitrogen and oxygen atoms in total. The molecule has 1 N–H and O–H groups in total. The second-order valence-corrected chi connectivity index (χ2v) is 9.03. The molecular formula is C25H30N6OS. The van der Waals surface area contributed by atoms with Crippen molar-refractivity contribution in [2.45, 2.75) is 25.9 Å². The van der Waals surface area contributed by atoms with Crippen molar-refractivity contribution < 1.29 is 4.74 Å². The molecule has 0 aromatic carbocycles.